The summed E-state index contributed by atoms with van der Waals surface area (Å²) >= 11 is 0. The summed E-state index contributed by atoms with van der Waals surface area (Å²) < 4.78 is 10.6. The highest BCUT2D eigenvalue weighted by Gasteiger charge is 2.16. The van der Waals surface area contributed by atoms with Crippen LogP contribution in [0.2, 0.25) is 0 Å². The molecule has 8 heteroatoms. The van der Waals surface area contributed by atoms with Crippen LogP contribution in [0.5, 0.6) is 0 Å². The molecule has 3 rings (SSSR count). The van der Waals surface area contributed by atoms with E-state index in [-0.39, 0.29) is 5.91 Å². The number of carbonyl (C=O) groups is 1. The van der Waals surface area contributed by atoms with Crippen molar-refractivity contribution in [2.45, 2.75) is 19.9 Å². The first kappa shape index (κ1) is 15.9. The Labute approximate surface area is 138 Å². The summed E-state index contributed by atoms with van der Waals surface area (Å²) in [6.07, 6.45) is 0. The number of nitrogens with zero attached hydrogens (tertiary/aromatic N) is 3. The van der Waals surface area contributed by atoms with Crippen molar-refractivity contribution in [3.63, 3.8) is 0 Å². The molecule has 3 aromatic rings. The topological polar surface area (TPSA) is 96.4 Å². The van der Waals surface area contributed by atoms with Crippen molar-refractivity contribution < 1.29 is 13.7 Å². The first-order valence-electron chi connectivity index (χ1n) is 7.51. The van der Waals surface area contributed by atoms with Crippen LogP contribution in [0.4, 0.5) is 17.6 Å². The van der Waals surface area contributed by atoms with Crippen LogP contribution in [0, 0.1) is 6.92 Å². The maximum atomic E-state index is 12.2. The fourth-order valence-corrected chi connectivity index (χ4v) is 2.16. The summed E-state index contributed by atoms with van der Waals surface area (Å²) in [5, 5.41) is 9.53. The third-order valence-electron chi connectivity index (χ3n) is 3.41. The van der Waals surface area contributed by atoms with E-state index in [1.165, 1.54) is 0 Å². The van der Waals surface area contributed by atoms with E-state index in [9.17, 15) is 4.79 Å². The average Bonchev–Trinajstić information content (AvgIpc) is 3.12. The summed E-state index contributed by atoms with van der Waals surface area (Å²) in [4.78, 5) is 18.4. The van der Waals surface area contributed by atoms with Crippen LogP contribution in [0.3, 0.4) is 0 Å². The molecule has 0 aliphatic heterocycles. The Morgan fingerprint density at radius 3 is 2.75 bits per heavy atom. The van der Waals surface area contributed by atoms with Gasteiger partial charge >= 0.3 is 0 Å². The first-order chi connectivity index (χ1) is 11.4. The van der Waals surface area contributed by atoms with Gasteiger partial charge in [-0.1, -0.05) is 5.16 Å². The lowest BCUT2D eigenvalue weighted by Gasteiger charge is -2.13. The van der Waals surface area contributed by atoms with Crippen molar-refractivity contribution in [1.82, 2.24) is 10.1 Å². The Bertz CT molecular complexity index is 868. The zero-order chi connectivity index (χ0) is 17.3. The van der Waals surface area contributed by atoms with Crippen LogP contribution < -0.4 is 15.5 Å². The predicted octanol–water partition coefficient (Wildman–Crippen LogP) is 2.63. The second kappa shape index (κ2) is 6.23. The molecule has 0 spiro atoms. The lowest BCUT2D eigenvalue weighted by Crippen LogP contribution is -2.31. The van der Waals surface area contributed by atoms with Gasteiger partial charge in [-0.05, 0) is 32.0 Å². The molecule has 0 fully saturated rings. The number of hydrogen-bond acceptors (Lipinski definition) is 7. The van der Waals surface area contributed by atoms with Crippen LogP contribution in [-0.2, 0) is 4.79 Å². The van der Waals surface area contributed by atoms with Gasteiger partial charge < -0.3 is 19.2 Å². The van der Waals surface area contributed by atoms with Crippen molar-refractivity contribution in [2.75, 3.05) is 29.6 Å². The average molecular weight is 329 g/mol. The highest BCUT2D eigenvalue weighted by Crippen LogP contribution is 2.24. The number of rotatable bonds is 5. The third-order valence-corrected chi connectivity index (χ3v) is 3.41. The van der Waals surface area contributed by atoms with Gasteiger partial charge in [-0.25, -0.2) is 0 Å². The maximum absolute atomic E-state index is 12.2. The first-order valence-corrected chi connectivity index (χ1v) is 7.51. The maximum Gasteiger partial charge on any atom is 0.297 e. The minimum absolute atomic E-state index is 0.222. The van der Waals surface area contributed by atoms with Gasteiger partial charge in [0.15, 0.2) is 5.58 Å². The molecule has 1 aromatic carbocycles. The number of oxazole rings is 1. The Kier molecular flexibility index (Phi) is 4.11. The molecular weight excluding hydrogens is 310 g/mol. The standard InChI is InChI=1S/C16H19N5O3/c1-9-7-14(24-20-9)19-15(22)10(2)17-11-5-6-13-12(8-11)18-16(23-13)21(3)4/h5-8,10,17H,1-4H3,(H,19,22)/t10-/m0/s1. The molecule has 2 heterocycles. The Morgan fingerprint density at radius 2 is 2.08 bits per heavy atom. The molecule has 2 N–H and O–H groups in total. The van der Waals surface area contributed by atoms with Gasteiger partial charge in [0.05, 0.1) is 5.69 Å². The van der Waals surface area contributed by atoms with Crippen LogP contribution in [0.15, 0.2) is 33.2 Å². The van der Waals surface area contributed by atoms with Crippen molar-refractivity contribution in [3.8, 4) is 0 Å². The molecule has 0 saturated heterocycles. The zero-order valence-corrected chi connectivity index (χ0v) is 14.0. The number of amides is 1. The fraction of sp³-hybridized carbons (Fsp3) is 0.312. The number of anilines is 3. The van der Waals surface area contributed by atoms with Crippen molar-refractivity contribution >= 4 is 34.6 Å². The second-order valence-electron chi connectivity index (χ2n) is 5.76. The minimum Gasteiger partial charge on any atom is -0.423 e. The van der Waals surface area contributed by atoms with Crippen molar-refractivity contribution in [3.05, 3.63) is 30.0 Å². The molecule has 126 valence electrons. The smallest absolute Gasteiger partial charge is 0.297 e. The van der Waals surface area contributed by atoms with Crippen LogP contribution in [0.25, 0.3) is 11.1 Å². The lowest BCUT2D eigenvalue weighted by molar-refractivity contribution is -0.116. The van der Waals surface area contributed by atoms with Crippen LogP contribution in [0.1, 0.15) is 12.6 Å². The predicted molar refractivity (Wildman–Crippen MR) is 91.3 cm³/mol. The zero-order valence-electron chi connectivity index (χ0n) is 14.0. The number of fused-ring (bicyclic) bond motifs is 1. The molecule has 8 nitrogen and oxygen atoms in total. The van der Waals surface area contributed by atoms with Crippen LogP contribution >= 0.6 is 0 Å². The van der Waals surface area contributed by atoms with Crippen LogP contribution in [-0.4, -0.2) is 36.2 Å². The molecule has 1 amide bonds. The van der Waals surface area contributed by atoms with Gasteiger partial charge in [0.2, 0.25) is 11.8 Å². The number of aryl methyl sites for hydroxylation is 1. The van der Waals surface area contributed by atoms with E-state index >= 15 is 0 Å². The van der Waals surface area contributed by atoms with Crippen molar-refractivity contribution in [2.24, 2.45) is 0 Å². The molecule has 0 aliphatic carbocycles. The largest absolute Gasteiger partial charge is 0.423 e. The number of carbonyl (C=O) groups excluding carboxylic acids is 1. The summed E-state index contributed by atoms with van der Waals surface area (Å²) in [7, 11) is 3.73. The van der Waals surface area contributed by atoms with E-state index in [1.807, 2.05) is 32.3 Å². The summed E-state index contributed by atoms with van der Waals surface area (Å²) in [5.74, 6) is 0.106. The highest BCUT2D eigenvalue weighted by molar-refractivity contribution is 5.95. The third kappa shape index (κ3) is 3.32. The minimum atomic E-state index is -0.465. The molecule has 0 unspecified atom stereocenters. The van der Waals surface area contributed by atoms with E-state index in [4.69, 9.17) is 8.94 Å². The Hall–Kier alpha value is -3.03. The van der Waals surface area contributed by atoms with E-state index in [2.05, 4.69) is 20.8 Å². The van der Waals surface area contributed by atoms with E-state index < -0.39 is 6.04 Å². The van der Waals surface area contributed by atoms with Gasteiger partial charge in [0.25, 0.3) is 6.01 Å². The lowest BCUT2D eigenvalue weighted by atomic mass is 10.2. The number of hydrogen-bond donors (Lipinski definition) is 2. The molecular formula is C16H19N5O3. The van der Waals surface area contributed by atoms with E-state index in [0.29, 0.717) is 23.2 Å². The molecule has 0 aliphatic rings. The quantitative estimate of drug-likeness (QED) is 0.742. The summed E-state index contributed by atoms with van der Waals surface area (Å²) in [5.41, 5.74) is 2.90. The molecule has 0 saturated carbocycles. The Morgan fingerprint density at radius 1 is 1.29 bits per heavy atom. The molecule has 0 bridgehead atoms. The van der Waals surface area contributed by atoms with Crippen molar-refractivity contribution in [1.29, 1.82) is 0 Å². The number of benzene rings is 1. The highest BCUT2D eigenvalue weighted by atomic mass is 16.5. The number of nitrogens with one attached hydrogen (secondary N) is 2. The Balaban J connectivity index is 1.70. The molecule has 24 heavy (non-hydrogen) atoms. The van der Waals surface area contributed by atoms with Gasteiger partial charge in [-0.15, -0.1) is 0 Å². The molecule has 1 atom stereocenters. The van der Waals surface area contributed by atoms with E-state index in [1.54, 1.807) is 24.8 Å². The second-order valence-corrected chi connectivity index (χ2v) is 5.76. The van der Waals surface area contributed by atoms with Gasteiger partial charge in [-0.3, -0.25) is 10.1 Å². The summed E-state index contributed by atoms with van der Waals surface area (Å²) in [6.45, 7) is 3.55. The summed E-state index contributed by atoms with van der Waals surface area (Å²) in [6, 6.07) is 7.24. The van der Waals surface area contributed by atoms with Gasteiger partial charge in [-0.2, -0.15) is 4.98 Å². The molecule has 0 radical (unpaired) electrons. The monoisotopic (exact) mass is 329 g/mol. The number of aromatic nitrogens is 2. The van der Waals surface area contributed by atoms with Gasteiger partial charge in [0.1, 0.15) is 11.6 Å². The van der Waals surface area contributed by atoms with Gasteiger partial charge in [0, 0.05) is 25.8 Å². The normalized spacial score (nSPS) is 12.2. The fourth-order valence-electron chi connectivity index (χ4n) is 2.16. The van der Waals surface area contributed by atoms with E-state index in [0.717, 1.165) is 11.2 Å². The molecule has 2 aromatic heterocycles. The SMILES string of the molecule is Cc1cc(NC(=O)[C@H](C)Nc2ccc3oc(N(C)C)nc3c2)on1.